The molecule has 10 heteroatoms. The Labute approximate surface area is 206 Å². The third-order valence-electron chi connectivity index (χ3n) is 5.41. The lowest BCUT2D eigenvalue weighted by Crippen LogP contribution is -2.47. The molecule has 0 aliphatic carbocycles. The first-order chi connectivity index (χ1) is 17.5. The lowest BCUT2D eigenvalue weighted by Gasteiger charge is -2.17. The third-order valence-corrected chi connectivity index (χ3v) is 5.41. The molecule has 4 rings (SSSR count). The zero-order chi connectivity index (χ0) is 25.3. The van der Waals surface area contributed by atoms with E-state index >= 15 is 0 Å². The first-order valence-electron chi connectivity index (χ1n) is 11.1. The molecule has 10 nitrogen and oxygen atoms in total. The maximum atomic E-state index is 13.0. The largest absolute Gasteiger partial charge is 0.445 e. The zero-order valence-corrected chi connectivity index (χ0v) is 19.1. The van der Waals surface area contributed by atoms with Gasteiger partial charge in [0, 0.05) is 35.7 Å². The minimum absolute atomic E-state index is 0.0480. The molecule has 182 valence electrons. The van der Waals surface area contributed by atoms with Crippen LogP contribution in [-0.4, -0.2) is 34.2 Å². The summed E-state index contributed by atoms with van der Waals surface area (Å²) in [5.41, 5.74) is 5.51. The molecule has 3 aromatic carbocycles. The summed E-state index contributed by atoms with van der Waals surface area (Å²) in [6, 6.07) is 21.6. The van der Waals surface area contributed by atoms with Crippen LogP contribution in [0.4, 0.5) is 10.5 Å². The van der Waals surface area contributed by atoms with Gasteiger partial charge in [-0.15, -0.1) is 0 Å². The Balaban J connectivity index is 1.44. The van der Waals surface area contributed by atoms with Gasteiger partial charge in [-0.25, -0.2) is 10.2 Å². The van der Waals surface area contributed by atoms with E-state index in [1.165, 1.54) is 30.5 Å². The van der Waals surface area contributed by atoms with Gasteiger partial charge in [-0.2, -0.15) is 5.10 Å². The molecule has 0 fully saturated rings. The van der Waals surface area contributed by atoms with Gasteiger partial charge in [0.1, 0.15) is 12.6 Å². The van der Waals surface area contributed by atoms with Gasteiger partial charge in [-0.3, -0.25) is 14.9 Å². The third kappa shape index (κ3) is 6.32. The molecule has 0 spiro atoms. The Morgan fingerprint density at radius 2 is 1.75 bits per heavy atom. The molecule has 4 aromatic rings. The number of alkyl carbamates (subject to hydrolysis) is 1. The Kier molecular flexibility index (Phi) is 7.66. The van der Waals surface area contributed by atoms with E-state index in [0.29, 0.717) is 5.56 Å². The highest BCUT2D eigenvalue weighted by atomic mass is 16.6. The van der Waals surface area contributed by atoms with Gasteiger partial charge < -0.3 is 15.0 Å². The summed E-state index contributed by atoms with van der Waals surface area (Å²) in [6.45, 7) is 0.0619. The Hall–Kier alpha value is -4.99. The number of carbonyl (C=O) groups excluding carboxylic acids is 2. The van der Waals surface area contributed by atoms with Crippen LogP contribution in [0, 0.1) is 10.1 Å². The Morgan fingerprint density at radius 3 is 2.50 bits per heavy atom. The summed E-state index contributed by atoms with van der Waals surface area (Å²) in [5.74, 6) is -0.546. The average molecular weight is 486 g/mol. The highest BCUT2D eigenvalue weighted by molar-refractivity contribution is 5.89. The lowest BCUT2D eigenvalue weighted by molar-refractivity contribution is -0.384. The molecule has 0 radical (unpaired) electrons. The molecular formula is C26H23N5O5. The highest BCUT2D eigenvalue weighted by Gasteiger charge is 2.23. The monoisotopic (exact) mass is 485 g/mol. The molecule has 1 heterocycles. The van der Waals surface area contributed by atoms with Crippen LogP contribution in [0.15, 0.2) is 90.2 Å². The number of hydrogen-bond acceptors (Lipinski definition) is 6. The smallest absolute Gasteiger partial charge is 0.408 e. The number of benzene rings is 3. The number of non-ortho nitro benzene ring substituents is 1. The van der Waals surface area contributed by atoms with Crippen LogP contribution in [0.3, 0.4) is 0 Å². The van der Waals surface area contributed by atoms with E-state index in [4.69, 9.17) is 4.74 Å². The van der Waals surface area contributed by atoms with E-state index in [0.717, 1.165) is 22.0 Å². The van der Waals surface area contributed by atoms with Gasteiger partial charge in [0.2, 0.25) is 0 Å². The van der Waals surface area contributed by atoms with Crippen molar-refractivity contribution >= 4 is 34.8 Å². The molecule has 1 atom stereocenters. The van der Waals surface area contributed by atoms with Crippen molar-refractivity contribution in [3.63, 3.8) is 0 Å². The van der Waals surface area contributed by atoms with E-state index in [9.17, 15) is 19.7 Å². The predicted molar refractivity (Wildman–Crippen MR) is 134 cm³/mol. The quantitative estimate of drug-likeness (QED) is 0.186. The number of nitro groups is 1. The van der Waals surface area contributed by atoms with Crippen LogP contribution in [-0.2, 0) is 22.6 Å². The molecule has 0 bridgehead atoms. The van der Waals surface area contributed by atoms with Crippen molar-refractivity contribution in [3.05, 3.63) is 112 Å². The number of aromatic amines is 1. The van der Waals surface area contributed by atoms with Crippen LogP contribution < -0.4 is 10.7 Å². The molecule has 1 aromatic heterocycles. The second-order valence-corrected chi connectivity index (χ2v) is 7.91. The fourth-order valence-electron chi connectivity index (χ4n) is 3.57. The maximum absolute atomic E-state index is 13.0. The van der Waals surface area contributed by atoms with Crippen LogP contribution >= 0.6 is 0 Å². The number of rotatable bonds is 9. The van der Waals surface area contributed by atoms with Crippen molar-refractivity contribution in [1.29, 1.82) is 0 Å². The second-order valence-electron chi connectivity index (χ2n) is 7.91. The minimum Gasteiger partial charge on any atom is -0.445 e. The summed E-state index contributed by atoms with van der Waals surface area (Å²) in [4.78, 5) is 38.9. The normalized spacial score (nSPS) is 11.8. The number of amides is 2. The number of H-pyrrole nitrogens is 1. The maximum Gasteiger partial charge on any atom is 0.408 e. The van der Waals surface area contributed by atoms with Crippen molar-refractivity contribution in [2.75, 3.05) is 0 Å². The molecule has 3 N–H and O–H groups in total. The van der Waals surface area contributed by atoms with Crippen LogP contribution in [0.25, 0.3) is 10.9 Å². The number of hydrazone groups is 1. The summed E-state index contributed by atoms with van der Waals surface area (Å²) in [7, 11) is 0. The van der Waals surface area contributed by atoms with Crippen LogP contribution in [0.2, 0.25) is 0 Å². The first-order valence-corrected chi connectivity index (χ1v) is 11.1. The zero-order valence-electron chi connectivity index (χ0n) is 19.1. The molecule has 0 aliphatic rings. The summed E-state index contributed by atoms with van der Waals surface area (Å²) < 4.78 is 5.29. The standard InChI is InChI=1S/C26H23N5O5/c32-25(30-28-15-18-10-12-21(13-11-18)31(34)35)24(14-20-16-27-23-9-5-4-8-22(20)23)29-26(33)36-17-19-6-2-1-3-7-19/h1-13,15-16,24,27H,14,17H2,(H,29,33)(H,30,32)/b28-15-/t24-/m0/s1. The topological polar surface area (TPSA) is 139 Å². The Bertz CT molecular complexity index is 1380. The Morgan fingerprint density at radius 1 is 1.03 bits per heavy atom. The van der Waals surface area contributed by atoms with Gasteiger partial charge >= 0.3 is 6.09 Å². The lowest BCUT2D eigenvalue weighted by atomic mass is 10.0. The van der Waals surface area contributed by atoms with Gasteiger partial charge in [-0.1, -0.05) is 48.5 Å². The molecule has 0 unspecified atom stereocenters. The van der Waals surface area contributed by atoms with Gasteiger partial charge in [0.05, 0.1) is 11.1 Å². The predicted octanol–water partition coefficient (Wildman–Crippen LogP) is 4.06. The molecule has 36 heavy (non-hydrogen) atoms. The van der Waals surface area contributed by atoms with E-state index < -0.39 is 23.0 Å². The van der Waals surface area contributed by atoms with Crippen LogP contribution in [0.5, 0.6) is 0 Å². The molecule has 2 amide bonds. The van der Waals surface area contributed by atoms with Crippen molar-refractivity contribution < 1.29 is 19.2 Å². The summed E-state index contributed by atoms with van der Waals surface area (Å²) in [5, 5.41) is 18.3. The van der Waals surface area contributed by atoms with Crippen molar-refractivity contribution in [1.82, 2.24) is 15.7 Å². The number of carbonyl (C=O) groups is 2. The number of ether oxygens (including phenoxy) is 1. The first kappa shape index (κ1) is 24.1. The van der Waals surface area contributed by atoms with Gasteiger partial charge in [0.25, 0.3) is 11.6 Å². The van der Waals surface area contributed by atoms with Crippen molar-refractivity contribution in [2.24, 2.45) is 5.10 Å². The SMILES string of the molecule is O=C(N[C@@H](Cc1c[nH]c2ccccc12)C(=O)N/N=C\c1ccc([N+](=O)[O-])cc1)OCc1ccccc1. The van der Waals surface area contributed by atoms with E-state index in [2.05, 4.69) is 20.8 Å². The van der Waals surface area contributed by atoms with Crippen LogP contribution in [0.1, 0.15) is 16.7 Å². The fourth-order valence-corrected chi connectivity index (χ4v) is 3.57. The number of nitrogens with zero attached hydrogens (tertiary/aromatic N) is 2. The number of hydrogen-bond donors (Lipinski definition) is 3. The molecular weight excluding hydrogens is 462 g/mol. The fraction of sp³-hybridized carbons (Fsp3) is 0.115. The van der Waals surface area contributed by atoms with Crippen molar-refractivity contribution in [3.8, 4) is 0 Å². The number of nitro benzene ring substituents is 1. The second kappa shape index (κ2) is 11.4. The molecule has 0 saturated heterocycles. The molecule has 0 aliphatic heterocycles. The minimum atomic E-state index is -0.971. The van der Waals surface area contributed by atoms with Gasteiger partial charge in [0.15, 0.2) is 0 Å². The number of nitrogens with one attached hydrogen (secondary N) is 3. The van der Waals surface area contributed by atoms with Gasteiger partial charge in [-0.05, 0) is 34.9 Å². The summed E-state index contributed by atoms with van der Waals surface area (Å²) in [6.07, 6.45) is 2.61. The highest BCUT2D eigenvalue weighted by Crippen LogP contribution is 2.19. The molecule has 0 saturated carbocycles. The van der Waals surface area contributed by atoms with E-state index in [1.54, 1.807) is 6.20 Å². The number of para-hydroxylation sites is 1. The number of aromatic nitrogens is 1. The van der Waals surface area contributed by atoms with E-state index in [1.807, 2.05) is 54.6 Å². The summed E-state index contributed by atoms with van der Waals surface area (Å²) >= 11 is 0. The van der Waals surface area contributed by atoms with E-state index in [-0.39, 0.29) is 18.7 Å². The van der Waals surface area contributed by atoms with Crippen molar-refractivity contribution in [2.45, 2.75) is 19.1 Å². The average Bonchev–Trinajstić information content (AvgIpc) is 3.30. The number of fused-ring (bicyclic) bond motifs is 1.